The highest BCUT2D eigenvalue weighted by molar-refractivity contribution is 5.85. The van der Waals surface area contributed by atoms with Crippen molar-refractivity contribution in [3.05, 3.63) is 71.8 Å². The molecule has 0 radical (unpaired) electrons. The second-order valence-electron chi connectivity index (χ2n) is 9.08. The summed E-state index contributed by atoms with van der Waals surface area (Å²) in [5.74, 6) is 0.863. The van der Waals surface area contributed by atoms with Gasteiger partial charge >= 0.3 is 0 Å². The zero-order chi connectivity index (χ0) is 22.4. The summed E-state index contributed by atoms with van der Waals surface area (Å²) in [5.41, 5.74) is 2.34. The molecule has 182 valence electrons. The van der Waals surface area contributed by atoms with E-state index in [9.17, 15) is 4.79 Å². The number of carbonyl (C=O) groups is 1. The molecule has 5 heteroatoms. The van der Waals surface area contributed by atoms with Gasteiger partial charge in [-0.05, 0) is 81.7 Å². The summed E-state index contributed by atoms with van der Waals surface area (Å²) in [5, 5.41) is 7.10. The van der Waals surface area contributed by atoms with Crippen LogP contribution in [0.4, 0.5) is 0 Å². The highest BCUT2D eigenvalue weighted by Crippen LogP contribution is 2.26. The van der Waals surface area contributed by atoms with E-state index < -0.39 is 0 Å². The molecule has 2 N–H and O–H groups in total. The Balaban J connectivity index is 0.00000385. The normalized spacial score (nSPS) is 15.1. The average Bonchev–Trinajstić information content (AvgIpc) is 2.85. The van der Waals surface area contributed by atoms with Crippen LogP contribution in [0.1, 0.15) is 56.1 Å². The van der Waals surface area contributed by atoms with E-state index in [2.05, 4.69) is 58.9 Å². The number of nitrogens with zero attached hydrogens (tertiary/aromatic N) is 1. The molecule has 1 aliphatic heterocycles. The molecule has 3 rings (SSSR count). The predicted molar refractivity (Wildman–Crippen MR) is 141 cm³/mol. The van der Waals surface area contributed by atoms with Crippen molar-refractivity contribution < 1.29 is 4.79 Å². The topological polar surface area (TPSA) is 44.4 Å². The second-order valence-corrected chi connectivity index (χ2v) is 9.08. The summed E-state index contributed by atoms with van der Waals surface area (Å²) in [7, 11) is 0. The summed E-state index contributed by atoms with van der Waals surface area (Å²) in [6.45, 7) is 8.40. The number of halogens is 1. The smallest absolute Gasteiger partial charge is 0.230 e. The summed E-state index contributed by atoms with van der Waals surface area (Å²) in [4.78, 5) is 15.6. The van der Waals surface area contributed by atoms with E-state index in [1.165, 1.54) is 24.8 Å². The maximum absolute atomic E-state index is 13.5. The molecule has 4 nitrogen and oxygen atoms in total. The van der Waals surface area contributed by atoms with Crippen LogP contribution in [0.25, 0.3) is 0 Å². The van der Waals surface area contributed by atoms with E-state index in [0.29, 0.717) is 5.92 Å². The van der Waals surface area contributed by atoms with Crippen molar-refractivity contribution in [1.82, 2.24) is 15.5 Å². The van der Waals surface area contributed by atoms with Crippen molar-refractivity contribution in [3.8, 4) is 0 Å². The van der Waals surface area contributed by atoms with Crippen molar-refractivity contribution in [2.45, 2.75) is 51.4 Å². The zero-order valence-corrected chi connectivity index (χ0v) is 21.0. The van der Waals surface area contributed by atoms with Crippen LogP contribution < -0.4 is 10.6 Å². The van der Waals surface area contributed by atoms with Gasteiger partial charge in [0.05, 0.1) is 5.92 Å². The first-order valence-electron chi connectivity index (χ1n) is 12.6. The molecule has 1 amide bonds. The maximum Gasteiger partial charge on any atom is 0.230 e. The fraction of sp³-hybridized carbons (Fsp3) is 0.536. The Morgan fingerprint density at radius 3 is 2.15 bits per heavy atom. The first-order chi connectivity index (χ1) is 15.8. The van der Waals surface area contributed by atoms with Crippen molar-refractivity contribution >= 4 is 18.3 Å². The van der Waals surface area contributed by atoms with E-state index in [1.807, 2.05) is 24.3 Å². The number of nitrogens with one attached hydrogen (secondary N) is 2. The van der Waals surface area contributed by atoms with E-state index in [0.717, 1.165) is 64.1 Å². The van der Waals surface area contributed by atoms with Gasteiger partial charge < -0.3 is 15.5 Å². The summed E-state index contributed by atoms with van der Waals surface area (Å²) in [6.07, 6.45) is 6.64. The molecule has 0 aliphatic carbocycles. The molecule has 1 heterocycles. The molecule has 0 aromatic heterocycles. The molecule has 2 aromatic rings. The minimum Gasteiger partial charge on any atom is -0.342 e. The highest BCUT2D eigenvalue weighted by atomic mass is 35.5. The number of rotatable bonds is 13. The first-order valence-corrected chi connectivity index (χ1v) is 12.6. The van der Waals surface area contributed by atoms with E-state index in [4.69, 9.17) is 0 Å². The number of carbonyl (C=O) groups excluding carboxylic acids is 1. The minimum atomic E-state index is -0.102. The lowest BCUT2D eigenvalue weighted by molar-refractivity contribution is -0.134. The number of benzene rings is 2. The van der Waals surface area contributed by atoms with Crippen LogP contribution >= 0.6 is 12.4 Å². The first kappa shape index (κ1) is 27.4. The largest absolute Gasteiger partial charge is 0.342 e. The Kier molecular flexibility index (Phi) is 13.2. The third-order valence-corrected chi connectivity index (χ3v) is 6.53. The molecule has 0 spiro atoms. The molecule has 0 bridgehead atoms. The lowest BCUT2D eigenvalue weighted by Gasteiger charge is -2.34. The fourth-order valence-electron chi connectivity index (χ4n) is 4.57. The summed E-state index contributed by atoms with van der Waals surface area (Å²) >= 11 is 0. The zero-order valence-electron chi connectivity index (χ0n) is 20.2. The quantitative estimate of drug-likeness (QED) is 0.402. The van der Waals surface area contributed by atoms with Gasteiger partial charge in [0.15, 0.2) is 0 Å². The number of hydrogen-bond acceptors (Lipinski definition) is 3. The predicted octanol–water partition coefficient (Wildman–Crippen LogP) is 5.04. The average molecular weight is 472 g/mol. The fourth-order valence-corrected chi connectivity index (χ4v) is 4.57. The van der Waals surface area contributed by atoms with E-state index in [-0.39, 0.29) is 24.2 Å². The van der Waals surface area contributed by atoms with E-state index >= 15 is 0 Å². The Morgan fingerprint density at radius 2 is 1.52 bits per heavy atom. The molecular formula is C28H42ClN3O. The van der Waals surface area contributed by atoms with Gasteiger partial charge in [-0.25, -0.2) is 0 Å². The molecule has 2 aromatic carbocycles. The van der Waals surface area contributed by atoms with Gasteiger partial charge in [-0.15, -0.1) is 12.4 Å². The minimum absolute atomic E-state index is 0. The van der Waals surface area contributed by atoms with Gasteiger partial charge in [0.25, 0.3) is 0 Å². The molecule has 0 saturated carbocycles. The summed E-state index contributed by atoms with van der Waals surface area (Å²) in [6, 6.07) is 20.7. The standard InChI is InChI=1S/C28H41N3O.ClH/c1-2-17-29-18-9-10-19-30-23-25-15-20-31(21-16-25)28(32)27(26-13-7-4-8-14-26)22-24-11-5-3-6-12-24;/h3-8,11-14,25,27,29-30H,2,9-10,15-23H2,1H3;1H. The monoisotopic (exact) mass is 471 g/mol. The number of hydrogen-bond donors (Lipinski definition) is 2. The Labute approximate surface area is 206 Å². The number of amides is 1. The third-order valence-electron chi connectivity index (χ3n) is 6.53. The highest BCUT2D eigenvalue weighted by Gasteiger charge is 2.29. The van der Waals surface area contributed by atoms with Gasteiger partial charge in [-0.1, -0.05) is 67.6 Å². The van der Waals surface area contributed by atoms with Gasteiger partial charge in [-0.3, -0.25) is 4.79 Å². The van der Waals surface area contributed by atoms with Crippen molar-refractivity contribution in [1.29, 1.82) is 0 Å². The van der Waals surface area contributed by atoms with Crippen molar-refractivity contribution in [2.24, 2.45) is 5.92 Å². The SMILES string of the molecule is CCCNCCCCNCC1CCN(C(=O)C(Cc2ccccc2)c2ccccc2)CC1.Cl. The van der Waals surface area contributed by atoms with Crippen LogP contribution in [0.3, 0.4) is 0 Å². The third kappa shape index (κ3) is 9.48. The van der Waals surface area contributed by atoms with Crippen LogP contribution in [0.2, 0.25) is 0 Å². The number of piperidine rings is 1. The molecule has 1 saturated heterocycles. The van der Waals surface area contributed by atoms with Gasteiger partial charge in [0.1, 0.15) is 0 Å². The maximum atomic E-state index is 13.5. The molecule has 1 fully saturated rings. The Bertz CT molecular complexity index is 763. The molecule has 1 atom stereocenters. The molecular weight excluding hydrogens is 430 g/mol. The van der Waals surface area contributed by atoms with Crippen molar-refractivity contribution in [2.75, 3.05) is 39.3 Å². The van der Waals surface area contributed by atoms with Gasteiger partial charge in [0, 0.05) is 13.1 Å². The molecule has 33 heavy (non-hydrogen) atoms. The van der Waals surface area contributed by atoms with Crippen LogP contribution in [0.15, 0.2) is 60.7 Å². The van der Waals surface area contributed by atoms with E-state index in [1.54, 1.807) is 0 Å². The van der Waals surface area contributed by atoms with Crippen LogP contribution in [-0.4, -0.2) is 50.1 Å². The molecule has 1 aliphatic rings. The lowest BCUT2D eigenvalue weighted by Crippen LogP contribution is -2.43. The lowest BCUT2D eigenvalue weighted by atomic mass is 9.89. The second kappa shape index (κ2) is 15.9. The Morgan fingerprint density at radius 1 is 0.909 bits per heavy atom. The number of unbranched alkanes of at least 4 members (excludes halogenated alkanes) is 1. The van der Waals surface area contributed by atoms with Crippen LogP contribution in [0.5, 0.6) is 0 Å². The van der Waals surface area contributed by atoms with Gasteiger partial charge in [0.2, 0.25) is 5.91 Å². The van der Waals surface area contributed by atoms with Crippen molar-refractivity contribution in [3.63, 3.8) is 0 Å². The van der Waals surface area contributed by atoms with Crippen LogP contribution in [0, 0.1) is 5.92 Å². The Hall–Kier alpha value is -1.88. The van der Waals surface area contributed by atoms with Crippen LogP contribution in [-0.2, 0) is 11.2 Å². The van der Waals surface area contributed by atoms with Gasteiger partial charge in [-0.2, -0.15) is 0 Å². The summed E-state index contributed by atoms with van der Waals surface area (Å²) < 4.78 is 0. The molecule has 1 unspecified atom stereocenters. The number of likely N-dealkylation sites (tertiary alicyclic amines) is 1.